The number of benzene rings is 2. The molecule has 0 bridgehead atoms. The first-order valence-electron chi connectivity index (χ1n) is 9.25. The highest BCUT2D eigenvalue weighted by molar-refractivity contribution is 5.72. The van der Waals surface area contributed by atoms with E-state index in [0.717, 1.165) is 22.4 Å². The molecule has 5 nitrogen and oxygen atoms in total. The average molecular weight is 389 g/mol. The summed E-state index contributed by atoms with van der Waals surface area (Å²) in [6.07, 6.45) is 1.82. The Morgan fingerprint density at radius 1 is 1.07 bits per heavy atom. The molecule has 0 unspecified atom stereocenters. The zero-order valence-corrected chi connectivity index (χ0v) is 16.1. The Morgan fingerprint density at radius 2 is 1.79 bits per heavy atom. The molecule has 4 rings (SSSR count). The molecule has 4 aromatic rings. The van der Waals surface area contributed by atoms with E-state index in [9.17, 15) is 9.18 Å². The fourth-order valence-electron chi connectivity index (χ4n) is 3.34. The molecule has 1 N–H and O–H groups in total. The highest BCUT2D eigenvalue weighted by Gasteiger charge is 2.16. The Hall–Kier alpha value is -3.67. The van der Waals surface area contributed by atoms with Crippen LogP contribution in [0.2, 0.25) is 0 Å². The van der Waals surface area contributed by atoms with Gasteiger partial charge in [-0.2, -0.15) is 0 Å². The van der Waals surface area contributed by atoms with Crippen molar-refractivity contribution in [2.45, 2.75) is 20.4 Å². The number of pyridine rings is 1. The summed E-state index contributed by atoms with van der Waals surface area (Å²) in [5, 5.41) is 7.14. The maximum absolute atomic E-state index is 13.2. The molecule has 0 radical (unpaired) electrons. The van der Waals surface area contributed by atoms with Crippen LogP contribution in [0.4, 0.5) is 15.8 Å². The van der Waals surface area contributed by atoms with Crippen LogP contribution in [0.3, 0.4) is 0 Å². The maximum atomic E-state index is 13.2. The number of nitrogens with one attached hydrogen (secondary N) is 1. The fourth-order valence-corrected chi connectivity index (χ4v) is 3.34. The number of anilines is 2. The molecule has 0 spiro atoms. The van der Waals surface area contributed by atoms with Crippen molar-refractivity contribution in [3.63, 3.8) is 0 Å². The molecule has 0 aliphatic rings. The van der Waals surface area contributed by atoms with E-state index in [2.05, 4.69) is 10.5 Å². The Balaban J connectivity index is 1.82. The van der Waals surface area contributed by atoms with Gasteiger partial charge >= 0.3 is 0 Å². The van der Waals surface area contributed by atoms with Crippen LogP contribution in [0.5, 0.6) is 0 Å². The summed E-state index contributed by atoms with van der Waals surface area (Å²) in [7, 11) is 0. The predicted molar refractivity (Wildman–Crippen MR) is 111 cm³/mol. The zero-order valence-electron chi connectivity index (χ0n) is 16.1. The number of hydrogen-bond donors (Lipinski definition) is 1. The van der Waals surface area contributed by atoms with Gasteiger partial charge in [-0.1, -0.05) is 35.5 Å². The molecule has 2 heterocycles. The summed E-state index contributed by atoms with van der Waals surface area (Å²) < 4.78 is 20.2. The van der Waals surface area contributed by atoms with Crippen LogP contribution < -0.4 is 10.9 Å². The van der Waals surface area contributed by atoms with Crippen molar-refractivity contribution in [2.24, 2.45) is 0 Å². The van der Waals surface area contributed by atoms with Gasteiger partial charge in [0.2, 0.25) is 0 Å². The minimum absolute atomic E-state index is 0.173. The molecule has 146 valence electrons. The summed E-state index contributed by atoms with van der Waals surface area (Å²) in [5.74, 6) is 0.349. The largest absolute Gasteiger partial charge is 0.361 e. The Kier molecular flexibility index (Phi) is 4.99. The van der Waals surface area contributed by atoms with E-state index in [1.165, 1.54) is 12.1 Å². The zero-order chi connectivity index (χ0) is 20.4. The number of aryl methyl sites for hydroxylation is 2. The van der Waals surface area contributed by atoms with E-state index in [0.29, 0.717) is 23.7 Å². The first kappa shape index (κ1) is 18.7. The minimum atomic E-state index is -0.332. The van der Waals surface area contributed by atoms with Gasteiger partial charge in [-0.25, -0.2) is 4.39 Å². The van der Waals surface area contributed by atoms with Gasteiger partial charge < -0.3 is 14.4 Å². The van der Waals surface area contributed by atoms with Gasteiger partial charge in [0.15, 0.2) is 0 Å². The first-order valence-corrected chi connectivity index (χ1v) is 9.25. The Bertz CT molecular complexity index is 1180. The molecule has 6 heteroatoms. The smallest absolute Gasteiger partial charge is 0.274 e. The number of hydrogen-bond acceptors (Lipinski definition) is 4. The second-order valence-electron chi connectivity index (χ2n) is 6.89. The van der Waals surface area contributed by atoms with E-state index in [-0.39, 0.29) is 11.4 Å². The van der Waals surface area contributed by atoms with Crippen LogP contribution in [0.15, 0.2) is 76.2 Å². The van der Waals surface area contributed by atoms with Gasteiger partial charge in [-0.3, -0.25) is 4.79 Å². The average Bonchev–Trinajstić information content (AvgIpc) is 3.05. The quantitative estimate of drug-likeness (QED) is 0.519. The number of halogens is 1. The number of aromatic nitrogens is 2. The fraction of sp³-hybridized carbons (Fsp3) is 0.130. The van der Waals surface area contributed by atoms with Crippen molar-refractivity contribution < 1.29 is 8.91 Å². The normalized spacial score (nSPS) is 10.9. The van der Waals surface area contributed by atoms with E-state index in [1.807, 2.05) is 50.4 Å². The summed E-state index contributed by atoms with van der Waals surface area (Å²) in [6, 6.07) is 17.4. The van der Waals surface area contributed by atoms with Crippen molar-refractivity contribution in [1.29, 1.82) is 0 Å². The van der Waals surface area contributed by atoms with Gasteiger partial charge in [0.25, 0.3) is 5.56 Å². The van der Waals surface area contributed by atoms with Crippen LogP contribution in [0, 0.1) is 19.7 Å². The highest BCUT2D eigenvalue weighted by atomic mass is 19.1. The molecule has 0 saturated carbocycles. The second-order valence-corrected chi connectivity index (χ2v) is 6.89. The Labute approximate surface area is 167 Å². The number of nitrogens with zero attached hydrogens (tertiary/aromatic N) is 2. The highest BCUT2D eigenvalue weighted by Crippen LogP contribution is 2.28. The maximum Gasteiger partial charge on any atom is 0.274 e. The van der Waals surface area contributed by atoms with Crippen LogP contribution in [-0.4, -0.2) is 9.72 Å². The van der Waals surface area contributed by atoms with Crippen molar-refractivity contribution in [3.8, 4) is 11.1 Å². The molecule has 2 aromatic carbocycles. The third-order valence-corrected chi connectivity index (χ3v) is 4.73. The SMILES string of the molecule is Cc1noc(C)c1-c1cc(Nc2ccc(F)cc2)c(=O)n(Cc2ccccc2)c1. The van der Waals surface area contributed by atoms with Gasteiger partial charge in [-0.05, 0) is 49.7 Å². The van der Waals surface area contributed by atoms with Gasteiger partial charge in [0, 0.05) is 23.0 Å². The molecule has 0 saturated heterocycles. The molecule has 29 heavy (non-hydrogen) atoms. The van der Waals surface area contributed by atoms with E-state index in [1.54, 1.807) is 22.8 Å². The lowest BCUT2D eigenvalue weighted by molar-refractivity contribution is 0.393. The molecule has 0 fully saturated rings. The summed E-state index contributed by atoms with van der Waals surface area (Å²) in [5.41, 5.74) is 4.29. The van der Waals surface area contributed by atoms with Crippen molar-refractivity contribution >= 4 is 11.4 Å². The third kappa shape index (κ3) is 3.96. The lowest BCUT2D eigenvalue weighted by Crippen LogP contribution is -2.23. The lowest BCUT2D eigenvalue weighted by Gasteiger charge is -2.14. The van der Waals surface area contributed by atoms with Gasteiger partial charge in [0.1, 0.15) is 17.3 Å². The predicted octanol–water partition coefficient (Wildman–Crippen LogP) is 5.05. The van der Waals surface area contributed by atoms with Crippen LogP contribution >= 0.6 is 0 Å². The Morgan fingerprint density at radius 3 is 2.45 bits per heavy atom. The molecule has 0 aliphatic carbocycles. The summed E-state index contributed by atoms with van der Waals surface area (Å²) >= 11 is 0. The molecular formula is C23H20FN3O2. The summed E-state index contributed by atoms with van der Waals surface area (Å²) in [6.45, 7) is 4.13. The van der Waals surface area contributed by atoms with Crippen LogP contribution in [0.1, 0.15) is 17.0 Å². The van der Waals surface area contributed by atoms with E-state index >= 15 is 0 Å². The van der Waals surface area contributed by atoms with Crippen molar-refractivity contribution in [3.05, 3.63) is 100 Å². The summed E-state index contributed by atoms with van der Waals surface area (Å²) in [4.78, 5) is 13.1. The van der Waals surface area contributed by atoms with Crippen molar-refractivity contribution in [2.75, 3.05) is 5.32 Å². The molecular weight excluding hydrogens is 369 g/mol. The molecule has 0 amide bonds. The van der Waals surface area contributed by atoms with Crippen LogP contribution in [0.25, 0.3) is 11.1 Å². The molecule has 0 aliphatic heterocycles. The third-order valence-electron chi connectivity index (χ3n) is 4.73. The topological polar surface area (TPSA) is 60.1 Å². The van der Waals surface area contributed by atoms with E-state index in [4.69, 9.17) is 4.52 Å². The lowest BCUT2D eigenvalue weighted by atomic mass is 10.1. The molecule has 2 aromatic heterocycles. The monoisotopic (exact) mass is 389 g/mol. The van der Waals surface area contributed by atoms with Crippen LogP contribution in [-0.2, 0) is 6.54 Å². The minimum Gasteiger partial charge on any atom is -0.361 e. The molecule has 0 atom stereocenters. The number of rotatable bonds is 5. The van der Waals surface area contributed by atoms with Gasteiger partial charge in [0.05, 0.1) is 12.2 Å². The second kappa shape index (κ2) is 7.75. The first-order chi connectivity index (χ1) is 14.0. The van der Waals surface area contributed by atoms with Gasteiger partial charge in [-0.15, -0.1) is 0 Å². The van der Waals surface area contributed by atoms with E-state index < -0.39 is 0 Å². The van der Waals surface area contributed by atoms with Crippen molar-refractivity contribution in [1.82, 2.24) is 9.72 Å². The standard InChI is InChI=1S/C23H20FN3O2/c1-15-22(16(2)29-26-15)18-12-21(25-20-10-8-19(24)9-11-20)23(28)27(14-18)13-17-6-4-3-5-7-17/h3-12,14,25H,13H2,1-2H3.